The number of pyridine rings is 1. The van der Waals surface area contributed by atoms with Crippen LogP contribution in [0.15, 0.2) is 18.3 Å². The Bertz CT molecular complexity index is 870. The SMILES string of the molecule is Nc1ncc(-c2cc(C3CCN(CCCO)CC3)nc(C3CC3)n2)cc1OC(F)F. The van der Waals surface area contributed by atoms with Gasteiger partial charge in [0, 0.05) is 42.4 Å². The molecule has 0 spiro atoms. The van der Waals surface area contributed by atoms with Gasteiger partial charge in [0.2, 0.25) is 0 Å². The lowest BCUT2D eigenvalue weighted by molar-refractivity contribution is -0.0494. The third-order valence-electron chi connectivity index (χ3n) is 5.74. The van der Waals surface area contributed by atoms with Crippen LogP contribution >= 0.6 is 0 Å². The van der Waals surface area contributed by atoms with Gasteiger partial charge in [-0.3, -0.25) is 0 Å². The van der Waals surface area contributed by atoms with E-state index in [1.807, 2.05) is 6.07 Å². The van der Waals surface area contributed by atoms with Gasteiger partial charge in [-0.25, -0.2) is 15.0 Å². The van der Waals surface area contributed by atoms with Crippen molar-refractivity contribution in [3.63, 3.8) is 0 Å². The van der Waals surface area contributed by atoms with E-state index in [2.05, 4.69) is 14.6 Å². The first-order valence-corrected chi connectivity index (χ1v) is 10.5. The fraction of sp³-hybridized carbons (Fsp3) is 0.571. The number of alkyl halides is 2. The Kier molecular flexibility index (Phi) is 6.38. The summed E-state index contributed by atoms with van der Waals surface area (Å²) in [5, 5.41) is 9.03. The van der Waals surface area contributed by atoms with Gasteiger partial charge < -0.3 is 20.5 Å². The molecular weight excluding hydrogens is 392 g/mol. The quantitative estimate of drug-likeness (QED) is 0.678. The highest BCUT2D eigenvalue weighted by atomic mass is 19.3. The smallest absolute Gasteiger partial charge is 0.387 e. The monoisotopic (exact) mass is 419 g/mol. The number of aliphatic hydroxyl groups is 1. The second-order valence-electron chi connectivity index (χ2n) is 7.99. The van der Waals surface area contributed by atoms with Crippen LogP contribution in [0.25, 0.3) is 11.3 Å². The van der Waals surface area contributed by atoms with Gasteiger partial charge in [0.05, 0.1) is 5.69 Å². The highest BCUT2D eigenvalue weighted by Crippen LogP contribution is 2.40. The molecule has 9 heteroatoms. The summed E-state index contributed by atoms with van der Waals surface area (Å²) in [4.78, 5) is 15.9. The Balaban J connectivity index is 1.59. The number of hydrogen-bond acceptors (Lipinski definition) is 7. The molecule has 0 bridgehead atoms. The molecule has 7 nitrogen and oxygen atoms in total. The van der Waals surface area contributed by atoms with Crippen LogP contribution in [-0.4, -0.2) is 57.8 Å². The zero-order valence-electron chi connectivity index (χ0n) is 16.8. The fourth-order valence-corrected chi connectivity index (χ4v) is 3.90. The summed E-state index contributed by atoms with van der Waals surface area (Å²) in [6.45, 7) is 0.0999. The van der Waals surface area contributed by atoms with Crippen LogP contribution in [0.4, 0.5) is 14.6 Å². The number of anilines is 1. The molecule has 0 atom stereocenters. The molecule has 0 radical (unpaired) electrons. The Morgan fingerprint density at radius 2 is 1.90 bits per heavy atom. The number of piperidine rings is 1. The molecular formula is C21H27F2N5O2. The van der Waals surface area contributed by atoms with Crippen LogP contribution in [0.5, 0.6) is 5.75 Å². The number of rotatable bonds is 8. The lowest BCUT2D eigenvalue weighted by Gasteiger charge is -2.31. The number of ether oxygens (including phenoxy) is 1. The lowest BCUT2D eigenvalue weighted by Crippen LogP contribution is -2.34. The second-order valence-corrected chi connectivity index (χ2v) is 7.99. The number of hydrogen-bond donors (Lipinski definition) is 2. The van der Waals surface area contributed by atoms with Gasteiger partial charge in [-0.2, -0.15) is 8.78 Å². The number of likely N-dealkylation sites (tertiary alicyclic amines) is 1. The van der Waals surface area contributed by atoms with Crippen molar-refractivity contribution in [3.05, 3.63) is 29.8 Å². The molecule has 3 heterocycles. The third-order valence-corrected chi connectivity index (χ3v) is 5.74. The second kappa shape index (κ2) is 9.18. The first kappa shape index (κ1) is 20.9. The number of nitrogen functional groups attached to an aromatic ring is 1. The third kappa shape index (κ3) is 5.02. The average Bonchev–Trinajstić information content (AvgIpc) is 3.59. The molecule has 30 heavy (non-hydrogen) atoms. The van der Waals surface area contributed by atoms with Crippen molar-refractivity contribution in [2.24, 2.45) is 0 Å². The standard InChI is InChI=1S/C21H27F2N5O2/c22-21(23)30-18-10-15(12-25-19(18)24)17-11-16(26-20(27-17)14-2-3-14)13-4-7-28(8-5-13)6-1-9-29/h10-14,21,29H,1-9H2,(H2,24,25). The van der Waals surface area contributed by atoms with E-state index in [4.69, 9.17) is 20.8 Å². The predicted octanol–water partition coefficient (Wildman–Crippen LogP) is 3.16. The maximum absolute atomic E-state index is 12.7. The summed E-state index contributed by atoms with van der Waals surface area (Å²) in [6, 6.07) is 3.41. The van der Waals surface area contributed by atoms with Gasteiger partial charge in [-0.1, -0.05) is 0 Å². The summed E-state index contributed by atoms with van der Waals surface area (Å²) in [5.41, 5.74) is 7.92. The lowest BCUT2D eigenvalue weighted by atomic mass is 9.92. The minimum absolute atomic E-state index is 0.0778. The van der Waals surface area contributed by atoms with Crippen LogP contribution in [-0.2, 0) is 0 Å². The molecule has 1 saturated carbocycles. The van der Waals surface area contributed by atoms with Crippen LogP contribution < -0.4 is 10.5 Å². The number of aliphatic hydroxyl groups excluding tert-OH is 1. The van der Waals surface area contributed by atoms with Gasteiger partial charge in [-0.15, -0.1) is 0 Å². The normalized spacial score (nSPS) is 18.1. The number of halogens is 2. The highest BCUT2D eigenvalue weighted by Gasteiger charge is 2.29. The molecule has 0 aromatic carbocycles. The highest BCUT2D eigenvalue weighted by molar-refractivity contribution is 5.64. The number of nitrogens with two attached hydrogens (primary N) is 1. The van der Waals surface area contributed by atoms with Gasteiger partial charge in [0.1, 0.15) is 5.82 Å². The van der Waals surface area contributed by atoms with Crippen molar-refractivity contribution in [3.8, 4) is 17.0 Å². The molecule has 1 aliphatic carbocycles. The van der Waals surface area contributed by atoms with Crippen molar-refractivity contribution in [2.75, 3.05) is 32.0 Å². The van der Waals surface area contributed by atoms with Crippen molar-refractivity contribution in [2.45, 2.75) is 50.6 Å². The van der Waals surface area contributed by atoms with E-state index in [9.17, 15) is 8.78 Å². The van der Waals surface area contributed by atoms with E-state index in [-0.39, 0.29) is 18.2 Å². The first-order chi connectivity index (χ1) is 14.5. The van der Waals surface area contributed by atoms with Crippen LogP contribution in [0.1, 0.15) is 55.5 Å². The molecule has 3 N–H and O–H groups in total. The van der Waals surface area contributed by atoms with Crippen molar-refractivity contribution >= 4 is 5.82 Å². The van der Waals surface area contributed by atoms with Crippen LogP contribution in [0.3, 0.4) is 0 Å². The molecule has 0 amide bonds. The topological polar surface area (TPSA) is 97.4 Å². The maximum atomic E-state index is 12.7. The summed E-state index contributed by atoms with van der Waals surface area (Å²) < 4.78 is 29.9. The minimum Gasteiger partial charge on any atom is -0.431 e. The average molecular weight is 419 g/mol. The first-order valence-electron chi connectivity index (χ1n) is 10.5. The molecule has 2 fully saturated rings. The van der Waals surface area contributed by atoms with E-state index in [1.54, 1.807) is 0 Å². The summed E-state index contributed by atoms with van der Waals surface area (Å²) in [6.07, 6.45) is 6.46. The molecule has 1 saturated heterocycles. The molecule has 2 aromatic heterocycles. The van der Waals surface area contributed by atoms with E-state index < -0.39 is 6.61 Å². The van der Waals surface area contributed by atoms with Crippen molar-refractivity contribution < 1.29 is 18.6 Å². The van der Waals surface area contributed by atoms with Gasteiger partial charge in [-0.05, 0) is 57.3 Å². The van der Waals surface area contributed by atoms with E-state index in [0.717, 1.165) is 63.3 Å². The molecule has 162 valence electrons. The Morgan fingerprint density at radius 3 is 2.57 bits per heavy atom. The molecule has 0 unspecified atom stereocenters. The van der Waals surface area contributed by atoms with E-state index in [1.165, 1.54) is 12.3 Å². The Hall–Kier alpha value is -2.39. The van der Waals surface area contributed by atoms with Crippen LogP contribution in [0, 0.1) is 0 Å². The van der Waals surface area contributed by atoms with Gasteiger partial charge in [0.15, 0.2) is 11.6 Å². The number of nitrogens with zero attached hydrogens (tertiary/aromatic N) is 4. The Morgan fingerprint density at radius 1 is 1.13 bits per heavy atom. The minimum atomic E-state index is -2.97. The molecule has 2 aromatic rings. The maximum Gasteiger partial charge on any atom is 0.387 e. The van der Waals surface area contributed by atoms with Gasteiger partial charge >= 0.3 is 6.61 Å². The summed E-state index contributed by atoms with van der Waals surface area (Å²) in [5.74, 6) is 1.29. The van der Waals surface area contributed by atoms with E-state index in [0.29, 0.717) is 23.1 Å². The predicted molar refractivity (Wildman–Crippen MR) is 108 cm³/mol. The summed E-state index contributed by atoms with van der Waals surface area (Å²) >= 11 is 0. The molecule has 1 aliphatic heterocycles. The Labute approximate surface area is 174 Å². The van der Waals surface area contributed by atoms with Crippen molar-refractivity contribution in [1.82, 2.24) is 19.9 Å². The van der Waals surface area contributed by atoms with Crippen LogP contribution in [0.2, 0.25) is 0 Å². The van der Waals surface area contributed by atoms with Gasteiger partial charge in [0.25, 0.3) is 0 Å². The van der Waals surface area contributed by atoms with Crippen molar-refractivity contribution in [1.29, 1.82) is 0 Å². The molecule has 4 rings (SSSR count). The fourth-order valence-electron chi connectivity index (χ4n) is 3.90. The zero-order valence-corrected chi connectivity index (χ0v) is 16.8. The molecule has 2 aliphatic rings. The largest absolute Gasteiger partial charge is 0.431 e. The number of aromatic nitrogens is 3. The zero-order chi connectivity index (χ0) is 21.1. The summed E-state index contributed by atoms with van der Waals surface area (Å²) in [7, 11) is 0. The van der Waals surface area contributed by atoms with E-state index >= 15 is 0 Å².